The minimum absolute atomic E-state index is 0.371. The molecular formula is C7H10N6. The smallest absolute Gasteiger partial charge is 0.273 e. The van der Waals surface area contributed by atoms with Crippen molar-refractivity contribution in [3.63, 3.8) is 0 Å². The Hall–Kier alpha value is -1.72. The predicted octanol–water partition coefficient (Wildman–Crippen LogP) is 0.340. The summed E-state index contributed by atoms with van der Waals surface area (Å²) in [6.45, 7) is 4.12. The van der Waals surface area contributed by atoms with Crippen LogP contribution in [0.3, 0.4) is 0 Å². The van der Waals surface area contributed by atoms with E-state index in [9.17, 15) is 0 Å². The second-order valence-corrected chi connectivity index (χ2v) is 3.07. The average Bonchev–Trinajstić information content (AvgIpc) is 2.49. The molecule has 0 bridgehead atoms. The first-order valence-corrected chi connectivity index (χ1v) is 4.06. The van der Waals surface area contributed by atoms with Crippen LogP contribution >= 0.6 is 0 Å². The second-order valence-electron chi connectivity index (χ2n) is 3.07. The van der Waals surface area contributed by atoms with Gasteiger partial charge in [0.25, 0.3) is 5.78 Å². The predicted molar refractivity (Wildman–Crippen MR) is 47.3 cm³/mol. The molecular weight excluding hydrogens is 168 g/mol. The first-order chi connectivity index (χ1) is 6.25. The van der Waals surface area contributed by atoms with Gasteiger partial charge in [-0.25, -0.2) is 4.98 Å². The summed E-state index contributed by atoms with van der Waals surface area (Å²) in [6, 6.07) is 0.371. The summed E-state index contributed by atoms with van der Waals surface area (Å²) in [6.07, 6.45) is 3.52. The van der Waals surface area contributed by atoms with E-state index in [1.54, 1.807) is 6.20 Å². The van der Waals surface area contributed by atoms with Gasteiger partial charge in [-0.15, -0.1) is 0 Å². The summed E-state index contributed by atoms with van der Waals surface area (Å²) in [5, 5.41) is 14.1. The summed E-state index contributed by atoms with van der Waals surface area (Å²) in [5.41, 5.74) is 0.912. The minimum atomic E-state index is 0.371. The van der Waals surface area contributed by atoms with Crippen LogP contribution in [0.2, 0.25) is 0 Å². The van der Waals surface area contributed by atoms with E-state index in [0.717, 1.165) is 5.69 Å². The summed E-state index contributed by atoms with van der Waals surface area (Å²) in [7, 11) is 0. The molecule has 0 saturated heterocycles. The van der Waals surface area contributed by atoms with E-state index in [1.165, 1.54) is 4.52 Å². The van der Waals surface area contributed by atoms with Crippen molar-refractivity contribution in [2.75, 3.05) is 5.32 Å². The van der Waals surface area contributed by atoms with Gasteiger partial charge in [0.1, 0.15) is 0 Å². The zero-order valence-corrected chi connectivity index (χ0v) is 7.47. The molecule has 0 aliphatic carbocycles. The molecule has 0 amide bonds. The zero-order chi connectivity index (χ0) is 9.26. The topological polar surface area (TPSA) is 68.0 Å². The Morgan fingerprint density at radius 3 is 3.08 bits per heavy atom. The monoisotopic (exact) mass is 178 g/mol. The Morgan fingerprint density at radius 1 is 1.46 bits per heavy atom. The highest BCUT2D eigenvalue weighted by molar-refractivity contribution is 5.42. The van der Waals surface area contributed by atoms with Crippen molar-refractivity contribution in [2.45, 2.75) is 19.9 Å². The average molecular weight is 178 g/mol. The molecule has 0 aromatic carbocycles. The number of anilines is 1. The van der Waals surface area contributed by atoms with Gasteiger partial charge in [-0.05, 0) is 24.3 Å². The van der Waals surface area contributed by atoms with Crippen molar-refractivity contribution in [3.8, 4) is 0 Å². The molecule has 0 spiro atoms. The maximum Gasteiger partial charge on any atom is 0.273 e. The first kappa shape index (κ1) is 7.90. The number of aromatic nitrogens is 5. The molecule has 2 heterocycles. The van der Waals surface area contributed by atoms with Gasteiger partial charge >= 0.3 is 0 Å². The second kappa shape index (κ2) is 2.96. The molecule has 0 fully saturated rings. The van der Waals surface area contributed by atoms with Gasteiger partial charge in [-0.3, -0.25) is 0 Å². The lowest BCUT2D eigenvalue weighted by Gasteiger charge is -2.08. The van der Waals surface area contributed by atoms with Gasteiger partial charge in [-0.2, -0.15) is 4.52 Å². The number of nitrogens with zero attached hydrogens (tertiary/aromatic N) is 5. The lowest BCUT2D eigenvalue weighted by Crippen LogP contribution is -2.10. The normalized spacial score (nSPS) is 11.0. The number of hydrogen-bond acceptors (Lipinski definition) is 5. The molecule has 2 aromatic heterocycles. The van der Waals surface area contributed by atoms with Crippen LogP contribution in [0.5, 0.6) is 0 Å². The van der Waals surface area contributed by atoms with Crippen LogP contribution in [-0.2, 0) is 0 Å². The SMILES string of the molecule is CC(C)Nc1cnc2nnnn2c1. The molecule has 68 valence electrons. The lowest BCUT2D eigenvalue weighted by molar-refractivity contribution is 0.816. The highest BCUT2D eigenvalue weighted by Gasteiger charge is 2.00. The van der Waals surface area contributed by atoms with E-state index in [-0.39, 0.29) is 0 Å². The number of fused-ring (bicyclic) bond motifs is 1. The van der Waals surface area contributed by atoms with Crippen molar-refractivity contribution in [1.82, 2.24) is 25.0 Å². The van der Waals surface area contributed by atoms with E-state index in [1.807, 2.05) is 6.20 Å². The summed E-state index contributed by atoms with van der Waals surface area (Å²) >= 11 is 0. The maximum absolute atomic E-state index is 4.06. The fourth-order valence-corrected chi connectivity index (χ4v) is 1.06. The third-order valence-corrected chi connectivity index (χ3v) is 1.51. The molecule has 0 aliphatic heterocycles. The fourth-order valence-electron chi connectivity index (χ4n) is 1.06. The van der Waals surface area contributed by atoms with E-state index in [2.05, 4.69) is 39.7 Å². The minimum Gasteiger partial charge on any atom is -0.380 e. The van der Waals surface area contributed by atoms with E-state index in [4.69, 9.17) is 0 Å². The molecule has 2 aromatic rings. The summed E-state index contributed by atoms with van der Waals surface area (Å²) in [5.74, 6) is 0.509. The summed E-state index contributed by atoms with van der Waals surface area (Å²) < 4.78 is 1.53. The van der Waals surface area contributed by atoms with E-state index < -0.39 is 0 Å². The number of hydrogen-bond donors (Lipinski definition) is 1. The van der Waals surface area contributed by atoms with Gasteiger partial charge in [-0.1, -0.05) is 5.10 Å². The maximum atomic E-state index is 4.06. The van der Waals surface area contributed by atoms with Crippen LogP contribution in [0.15, 0.2) is 12.4 Å². The molecule has 13 heavy (non-hydrogen) atoms. The molecule has 6 nitrogen and oxygen atoms in total. The summed E-state index contributed by atoms with van der Waals surface area (Å²) in [4.78, 5) is 4.06. The van der Waals surface area contributed by atoms with Crippen molar-refractivity contribution < 1.29 is 0 Å². The first-order valence-electron chi connectivity index (χ1n) is 4.06. The lowest BCUT2D eigenvalue weighted by atomic mass is 10.4. The fraction of sp³-hybridized carbons (Fsp3) is 0.429. The third-order valence-electron chi connectivity index (χ3n) is 1.51. The third kappa shape index (κ3) is 1.56. The largest absolute Gasteiger partial charge is 0.380 e. The van der Waals surface area contributed by atoms with E-state index in [0.29, 0.717) is 11.8 Å². The molecule has 0 unspecified atom stereocenters. The van der Waals surface area contributed by atoms with Crippen LogP contribution < -0.4 is 5.32 Å². The van der Waals surface area contributed by atoms with Gasteiger partial charge < -0.3 is 5.32 Å². The standard InChI is InChI=1S/C7H10N6/c1-5(2)9-6-3-8-7-10-11-12-13(7)4-6/h3-5,9H,1-2H3. The molecule has 1 N–H and O–H groups in total. The number of rotatable bonds is 2. The highest BCUT2D eigenvalue weighted by Crippen LogP contribution is 2.05. The Morgan fingerprint density at radius 2 is 2.31 bits per heavy atom. The van der Waals surface area contributed by atoms with Gasteiger partial charge in [0, 0.05) is 6.04 Å². The van der Waals surface area contributed by atoms with E-state index >= 15 is 0 Å². The van der Waals surface area contributed by atoms with Crippen LogP contribution in [0.1, 0.15) is 13.8 Å². The van der Waals surface area contributed by atoms with Crippen molar-refractivity contribution in [3.05, 3.63) is 12.4 Å². The molecule has 6 heteroatoms. The van der Waals surface area contributed by atoms with Gasteiger partial charge in [0.05, 0.1) is 18.1 Å². The highest BCUT2D eigenvalue weighted by atomic mass is 15.5. The van der Waals surface area contributed by atoms with Crippen LogP contribution in [0.4, 0.5) is 5.69 Å². The quantitative estimate of drug-likeness (QED) is 0.718. The van der Waals surface area contributed by atoms with Gasteiger partial charge in [0.2, 0.25) is 0 Å². The number of nitrogens with one attached hydrogen (secondary N) is 1. The van der Waals surface area contributed by atoms with Crippen LogP contribution in [0.25, 0.3) is 5.78 Å². The van der Waals surface area contributed by atoms with Crippen LogP contribution in [-0.4, -0.2) is 31.1 Å². The Balaban J connectivity index is 2.37. The molecule has 0 aliphatic rings. The number of tetrazole rings is 1. The van der Waals surface area contributed by atoms with Crippen molar-refractivity contribution in [2.24, 2.45) is 0 Å². The Labute approximate surface area is 75.0 Å². The van der Waals surface area contributed by atoms with Crippen molar-refractivity contribution in [1.29, 1.82) is 0 Å². The Bertz CT molecular complexity index is 406. The molecule has 0 saturated carbocycles. The molecule has 0 radical (unpaired) electrons. The molecule has 0 atom stereocenters. The zero-order valence-electron chi connectivity index (χ0n) is 7.47. The van der Waals surface area contributed by atoms with Crippen LogP contribution in [0, 0.1) is 0 Å². The Kier molecular flexibility index (Phi) is 1.80. The van der Waals surface area contributed by atoms with Gasteiger partial charge in [0.15, 0.2) is 0 Å². The molecule has 2 rings (SSSR count). The van der Waals surface area contributed by atoms with Crippen molar-refractivity contribution >= 4 is 11.5 Å².